The number of allylic oxidation sites excluding steroid dienone is 1. The van der Waals surface area contributed by atoms with Crippen LogP contribution in [0.25, 0.3) is 0 Å². The summed E-state index contributed by atoms with van der Waals surface area (Å²) in [6.07, 6.45) is 0. The predicted molar refractivity (Wildman–Crippen MR) is 85.2 cm³/mol. The van der Waals surface area contributed by atoms with Gasteiger partial charge >= 0.3 is 12.0 Å². The summed E-state index contributed by atoms with van der Waals surface area (Å²) in [6.45, 7) is 1.63. The number of hydrogen-bond acceptors (Lipinski definition) is 6. The molecular formula is C16H20N2O6. The Balaban J connectivity index is 2.66. The van der Waals surface area contributed by atoms with Crippen LogP contribution in [-0.4, -0.2) is 40.4 Å². The third-order valence-corrected chi connectivity index (χ3v) is 3.72. The number of carbonyl (C=O) groups excluding carboxylic acids is 2. The molecule has 2 rings (SSSR count). The number of esters is 1. The molecule has 1 aromatic rings. The first-order valence-electron chi connectivity index (χ1n) is 7.13. The van der Waals surface area contributed by atoms with Gasteiger partial charge in [-0.1, -0.05) is 0 Å². The number of rotatable bonds is 5. The van der Waals surface area contributed by atoms with Gasteiger partial charge in [-0.3, -0.25) is 0 Å². The van der Waals surface area contributed by atoms with Gasteiger partial charge in [0.25, 0.3) is 0 Å². The van der Waals surface area contributed by atoms with Crippen molar-refractivity contribution >= 4 is 12.0 Å². The molecule has 0 unspecified atom stereocenters. The van der Waals surface area contributed by atoms with Crippen LogP contribution in [0.15, 0.2) is 23.4 Å². The van der Waals surface area contributed by atoms with Crippen molar-refractivity contribution in [1.29, 1.82) is 0 Å². The Labute approximate surface area is 139 Å². The number of amides is 2. The van der Waals surface area contributed by atoms with E-state index in [1.54, 1.807) is 19.1 Å². The van der Waals surface area contributed by atoms with Crippen LogP contribution < -0.4 is 24.8 Å². The second-order valence-corrected chi connectivity index (χ2v) is 4.99. The van der Waals surface area contributed by atoms with Crippen molar-refractivity contribution in [3.63, 3.8) is 0 Å². The van der Waals surface area contributed by atoms with Gasteiger partial charge in [0.05, 0.1) is 40.1 Å². The topological polar surface area (TPSA) is 95.1 Å². The zero-order valence-corrected chi connectivity index (χ0v) is 14.2. The molecule has 0 radical (unpaired) electrons. The average Bonchev–Trinajstić information content (AvgIpc) is 2.58. The minimum atomic E-state index is -0.749. The van der Waals surface area contributed by atoms with Gasteiger partial charge in [0.1, 0.15) is 0 Å². The second kappa shape index (κ2) is 7.12. The summed E-state index contributed by atoms with van der Waals surface area (Å²) >= 11 is 0. The normalized spacial score (nSPS) is 16.9. The van der Waals surface area contributed by atoms with Gasteiger partial charge in [-0.25, -0.2) is 9.59 Å². The Morgan fingerprint density at radius 3 is 2.25 bits per heavy atom. The lowest BCUT2D eigenvalue weighted by molar-refractivity contribution is -0.136. The van der Waals surface area contributed by atoms with E-state index in [1.807, 2.05) is 0 Å². The second-order valence-electron chi connectivity index (χ2n) is 4.99. The smallest absolute Gasteiger partial charge is 0.337 e. The van der Waals surface area contributed by atoms with E-state index in [4.69, 9.17) is 18.9 Å². The minimum Gasteiger partial charge on any atom is -0.493 e. The molecule has 0 saturated heterocycles. The fourth-order valence-corrected chi connectivity index (χ4v) is 2.66. The highest BCUT2D eigenvalue weighted by atomic mass is 16.5. The van der Waals surface area contributed by atoms with Gasteiger partial charge in [0, 0.05) is 11.3 Å². The molecule has 1 aliphatic rings. The Bertz CT molecular complexity index is 698. The molecule has 8 nitrogen and oxygen atoms in total. The largest absolute Gasteiger partial charge is 0.493 e. The van der Waals surface area contributed by atoms with Gasteiger partial charge in [0.15, 0.2) is 11.5 Å². The lowest BCUT2D eigenvalue weighted by Crippen LogP contribution is -2.45. The van der Waals surface area contributed by atoms with Crippen LogP contribution in [-0.2, 0) is 9.53 Å². The standard InChI is InChI=1S/C16H20N2O6/c1-8-11(15(19)24-5)12(18-16(20)17-8)9-6-7-10(21-2)14(23-4)13(9)22-3/h6-7,12H,1-5H3,(H2,17,18,20)/t12-/m1/s1. The number of carbonyl (C=O) groups is 2. The van der Waals surface area contributed by atoms with Crippen molar-refractivity contribution in [2.45, 2.75) is 13.0 Å². The molecule has 1 aliphatic heterocycles. The molecule has 2 amide bonds. The highest BCUT2D eigenvalue weighted by Crippen LogP contribution is 2.44. The molecule has 2 N–H and O–H groups in total. The van der Waals surface area contributed by atoms with Crippen molar-refractivity contribution in [3.8, 4) is 17.2 Å². The number of methoxy groups -OCH3 is 4. The van der Waals surface area contributed by atoms with Crippen LogP contribution in [0.5, 0.6) is 17.2 Å². The average molecular weight is 336 g/mol. The highest BCUT2D eigenvalue weighted by Gasteiger charge is 2.35. The number of hydrogen-bond donors (Lipinski definition) is 2. The van der Waals surface area contributed by atoms with Gasteiger partial charge in [-0.15, -0.1) is 0 Å². The maximum atomic E-state index is 12.2. The van der Waals surface area contributed by atoms with E-state index in [1.165, 1.54) is 28.4 Å². The van der Waals surface area contributed by atoms with E-state index in [9.17, 15) is 9.59 Å². The first-order valence-corrected chi connectivity index (χ1v) is 7.13. The van der Waals surface area contributed by atoms with Crippen LogP contribution in [0.4, 0.5) is 4.79 Å². The number of ether oxygens (including phenoxy) is 4. The Hall–Kier alpha value is -2.90. The minimum absolute atomic E-state index is 0.280. The summed E-state index contributed by atoms with van der Waals surface area (Å²) in [5.74, 6) is 0.644. The van der Waals surface area contributed by atoms with E-state index in [0.717, 1.165) is 0 Å². The quantitative estimate of drug-likeness (QED) is 0.792. The number of benzene rings is 1. The van der Waals surface area contributed by atoms with Crippen molar-refractivity contribution in [3.05, 3.63) is 29.0 Å². The molecule has 0 bridgehead atoms. The molecule has 0 saturated carbocycles. The van der Waals surface area contributed by atoms with E-state index < -0.39 is 18.0 Å². The van der Waals surface area contributed by atoms with Crippen LogP contribution in [0, 0.1) is 0 Å². The molecular weight excluding hydrogens is 316 g/mol. The summed E-state index contributed by atoms with van der Waals surface area (Å²) < 4.78 is 20.9. The van der Waals surface area contributed by atoms with Crippen molar-refractivity contribution in [2.24, 2.45) is 0 Å². The Kier molecular flexibility index (Phi) is 5.18. The predicted octanol–water partition coefficient (Wildman–Crippen LogP) is 1.51. The molecule has 0 fully saturated rings. The van der Waals surface area contributed by atoms with Crippen molar-refractivity contribution in [1.82, 2.24) is 10.6 Å². The summed E-state index contributed by atoms with van der Waals surface area (Å²) in [6, 6.07) is 2.20. The zero-order chi connectivity index (χ0) is 17.9. The van der Waals surface area contributed by atoms with E-state index >= 15 is 0 Å². The van der Waals surface area contributed by atoms with Crippen LogP contribution in [0.1, 0.15) is 18.5 Å². The molecule has 0 spiro atoms. The van der Waals surface area contributed by atoms with Gasteiger partial charge < -0.3 is 29.6 Å². The lowest BCUT2D eigenvalue weighted by atomic mass is 9.94. The van der Waals surface area contributed by atoms with E-state index in [2.05, 4.69) is 10.6 Å². The summed E-state index contributed by atoms with van der Waals surface area (Å²) in [4.78, 5) is 24.1. The summed E-state index contributed by atoms with van der Waals surface area (Å²) in [5.41, 5.74) is 1.24. The highest BCUT2D eigenvalue weighted by molar-refractivity contribution is 5.95. The zero-order valence-electron chi connectivity index (χ0n) is 14.2. The van der Waals surface area contributed by atoms with E-state index in [-0.39, 0.29) is 5.57 Å². The Morgan fingerprint density at radius 1 is 1.04 bits per heavy atom. The van der Waals surface area contributed by atoms with Gasteiger partial charge in [0.2, 0.25) is 5.75 Å². The maximum absolute atomic E-state index is 12.2. The molecule has 0 aromatic heterocycles. The first-order chi connectivity index (χ1) is 11.5. The Morgan fingerprint density at radius 2 is 1.71 bits per heavy atom. The monoisotopic (exact) mass is 336 g/mol. The third-order valence-electron chi connectivity index (χ3n) is 3.72. The van der Waals surface area contributed by atoms with Crippen LogP contribution in [0.2, 0.25) is 0 Å². The number of nitrogens with one attached hydrogen (secondary N) is 2. The molecule has 1 atom stereocenters. The fourth-order valence-electron chi connectivity index (χ4n) is 2.66. The first kappa shape index (κ1) is 17.5. The molecule has 130 valence electrons. The molecule has 8 heteroatoms. The van der Waals surface area contributed by atoms with Crippen LogP contribution in [0.3, 0.4) is 0 Å². The number of urea groups is 1. The van der Waals surface area contributed by atoms with E-state index in [0.29, 0.717) is 28.5 Å². The lowest BCUT2D eigenvalue weighted by Gasteiger charge is -2.29. The fraction of sp³-hybridized carbons (Fsp3) is 0.375. The molecule has 24 heavy (non-hydrogen) atoms. The third kappa shape index (κ3) is 2.94. The molecule has 0 aliphatic carbocycles. The molecule has 1 heterocycles. The summed E-state index contributed by atoms with van der Waals surface area (Å²) in [5, 5.41) is 5.27. The van der Waals surface area contributed by atoms with Gasteiger partial charge in [-0.05, 0) is 19.1 Å². The van der Waals surface area contributed by atoms with Crippen molar-refractivity contribution in [2.75, 3.05) is 28.4 Å². The SMILES string of the molecule is COC(=O)C1=C(C)NC(=O)N[C@@H]1c1ccc(OC)c(OC)c1OC. The maximum Gasteiger partial charge on any atom is 0.337 e. The van der Waals surface area contributed by atoms with Gasteiger partial charge in [-0.2, -0.15) is 0 Å². The summed E-state index contributed by atoms with van der Waals surface area (Å²) in [7, 11) is 5.74. The van der Waals surface area contributed by atoms with Crippen LogP contribution >= 0.6 is 0 Å². The van der Waals surface area contributed by atoms with Crippen molar-refractivity contribution < 1.29 is 28.5 Å². The molecule has 1 aromatic carbocycles.